The van der Waals surface area contributed by atoms with Crippen LogP contribution in [0.1, 0.15) is 19.4 Å². The molecule has 5 heteroatoms. The average Bonchev–Trinajstić information content (AvgIpc) is 2.45. The van der Waals surface area contributed by atoms with E-state index in [1.807, 2.05) is 18.2 Å². The van der Waals surface area contributed by atoms with Crippen LogP contribution in [-0.2, 0) is 11.3 Å². The molecule has 1 saturated heterocycles. The van der Waals surface area contributed by atoms with Gasteiger partial charge in [0.2, 0.25) is 0 Å². The van der Waals surface area contributed by atoms with Crippen LogP contribution >= 0.6 is 0 Å². The van der Waals surface area contributed by atoms with E-state index in [2.05, 4.69) is 41.3 Å². The Bertz CT molecular complexity index is 621. The van der Waals surface area contributed by atoms with Gasteiger partial charge in [0.05, 0.1) is 17.7 Å². The van der Waals surface area contributed by atoms with Gasteiger partial charge in [0.15, 0.2) is 0 Å². The number of morpholine rings is 1. The number of hydrazine groups is 1. The first-order valence-electron chi connectivity index (χ1n) is 7.39. The Morgan fingerprint density at radius 2 is 2.00 bits per heavy atom. The number of hydrogen-bond donors (Lipinski definition) is 2. The molecule has 1 aliphatic heterocycles. The molecule has 1 aromatic carbocycles. The topological polar surface area (TPSA) is 63.4 Å². The van der Waals surface area contributed by atoms with Gasteiger partial charge in [-0.05, 0) is 26.0 Å². The standard InChI is InChI=1S/C16H22N4O/c1-11-8-20(9-12(2)21-11)10-14-7-13-5-3-4-6-15(13)18-16(14)19-17/h3-7,11-12H,8-10,17H2,1-2H3,(H,18,19)/t11-,12+. The van der Waals surface area contributed by atoms with Crippen molar-refractivity contribution in [2.75, 3.05) is 18.5 Å². The number of nitrogens with zero attached hydrogens (tertiary/aromatic N) is 2. The number of nitrogens with one attached hydrogen (secondary N) is 1. The Hall–Kier alpha value is -1.69. The SMILES string of the molecule is C[C@@H]1CN(Cc2cc3ccccc3nc2NN)C[C@H](C)O1. The maximum atomic E-state index is 5.78. The molecular formula is C16H22N4O. The number of rotatable bonds is 3. The maximum Gasteiger partial charge on any atom is 0.145 e. The number of anilines is 1. The number of aromatic nitrogens is 1. The van der Waals surface area contributed by atoms with Crippen LogP contribution in [0.2, 0.25) is 0 Å². The number of pyridine rings is 1. The first-order chi connectivity index (χ1) is 10.2. The van der Waals surface area contributed by atoms with Crippen molar-refractivity contribution < 1.29 is 4.74 Å². The van der Waals surface area contributed by atoms with Crippen molar-refractivity contribution in [1.82, 2.24) is 9.88 Å². The molecular weight excluding hydrogens is 264 g/mol. The van der Waals surface area contributed by atoms with Gasteiger partial charge in [-0.15, -0.1) is 0 Å². The second-order valence-corrected chi connectivity index (χ2v) is 5.78. The van der Waals surface area contributed by atoms with Gasteiger partial charge in [-0.1, -0.05) is 18.2 Å². The molecule has 1 aliphatic rings. The lowest BCUT2D eigenvalue weighted by Crippen LogP contribution is -2.44. The molecule has 0 radical (unpaired) electrons. The molecule has 1 fully saturated rings. The summed E-state index contributed by atoms with van der Waals surface area (Å²) in [5, 5.41) is 1.14. The monoisotopic (exact) mass is 286 g/mol. The summed E-state index contributed by atoms with van der Waals surface area (Å²) in [6.07, 6.45) is 0.521. The molecule has 5 nitrogen and oxygen atoms in total. The van der Waals surface area contributed by atoms with Crippen LogP contribution in [0, 0.1) is 0 Å². The van der Waals surface area contributed by atoms with Gasteiger partial charge >= 0.3 is 0 Å². The summed E-state index contributed by atoms with van der Waals surface area (Å²) in [5.41, 5.74) is 4.81. The molecule has 0 amide bonds. The van der Waals surface area contributed by atoms with E-state index < -0.39 is 0 Å². The highest BCUT2D eigenvalue weighted by atomic mass is 16.5. The maximum absolute atomic E-state index is 5.78. The van der Waals surface area contributed by atoms with Crippen LogP contribution in [0.15, 0.2) is 30.3 Å². The van der Waals surface area contributed by atoms with Crippen molar-refractivity contribution in [3.63, 3.8) is 0 Å². The molecule has 0 aliphatic carbocycles. The summed E-state index contributed by atoms with van der Waals surface area (Å²) in [6, 6.07) is 10.3. The molecule has 3 N–H and O–H groups in total. The number of para-hydroxylation sites is 1. The van der Waals surface area contributed by atoms with E-state index in [0.29, 0.717) is 0 Å². The Balaban J connectivity index is 1.88. The third-order valence-electron chi connectivity index (χ3n) is 3.83. The van der Waals surface area contributed by atoms with E-state index >= 15 is 0 Å². The summed E-state index contributed by atoms with van der Waals surface area (Å²) >= 11 is 0. The number of ether oxygens (including phenoxy) is 1. The van der Waals surface area contributed by atoms with E-state index in [4.69, 9.17) is 10.6 Å². The summed E-state index contributed by atoms with van der Waals surface area (Å²) < 4.78 is 5.78. The fourth-order valence-corrected chi connectivity index (χ4v) is 3.06. The zero-order valence-electron chi connectivity index (χ0n) is 12.5. The third kappa shape index (κ3) is 3.15. The highest BCUT2D eigenvalue weighted by Crippen LogP contribution is 2.22. The Morgan fingerprint density at radius 1 is 1.29 bits per heavy atom. The Morgan fingerprint density at radius 3 is 2.71 bits per heavy atom. The fourth-order valence-electron chi connectivity index (χ4n) is 3.06. The quantitative estimate of drug-likeness (QED) is 0.668. The van der Waals surface area contributed by atoms with Crippen LogP contribution in [0.3, 0.4) is 0 Å². The van der Waals surface area contributed by atoms with E-state index in [1.165, 1.54) is 0 Å². The molecule has 1 aromatic heterocycles. The molecule has 0 saturated carbocycles. The normalized spacial score (nSPS) is 23.4. The Labute approximate surface area is 125 Å². The van der Waals surface area contributed by atoms with Crippen molar-refractivity contribution in [3.8, 4) is 0 Å². The lowest BCUT2D eigenvalue weighted by molar-refractivity contribution is -0.0704. The highest BCUT2D eigenvalue weighted by molar-refractivity contribution is 5.81. The van der Waals surface area contributed by atoms with Crippen molar-refractivity contribution in [2.45, 2.75) is 32.6 Å². The predicted molar refractivity (Wildman–Crippen MR) is 84.8 cm³/mol. The number of fused-ring (bicyclic) bond motifs is 1. The first kappa shape index (κ1) is 14.3. The molecule has 0 bridgehead atoms. The number of nitrogens with two attached hydrogens (primary N) is 1. The van der Waals surface area contributed by atoms with Gasteiger partial charge in [0, 0.05) is 30.6 Å². The fraction of sp³-hybridized carbons (Fsp3) is 0.438. The molecule has 2 heterocycles. The zero-order valence-corrected chi connectivity index (χ0v) is 12.5. The van der Waals surface area contributed by atoms with Gasteiger partial charge in [0.25, 0.3) is 0 Å². The van der Waals surface area contributed by atoms with E-state index in [0.717, 1.165) is 41.9 Å². The largest absolute Gasteiger partial charge is 0.373 e. The minimum Gasteiger partial charge on any atom is -0.373 e. The van der Waals surface area contributed by atoms with E-state index in [9.17, 15) is 0 Å². The zero-order chi connectivity index (χ0) is 14.8. The second-order valence-electron chi connectivity index (χ2n) is 5.78. The van der Waals surface area contributed by atoms with Crippen molar-refractivity contribution in [2.24, 2.45) is 5.84 Å². The molecule has 0 unspecified atom stereocenters. The molecule has 21 heavy (non-hydrogen) atoms. The second kappa shape index (κ2) is 5.97. The van der Waals surface area contributed by atoms with Crippen molar-refractivity contribution in [3.05, 3.63) is 35.9 Å². The number of nitrogen functional groups attached to an aromatic ring is 1. The van der Waals surface area contributed by atoms with E-state index in [1.54, 1.807) is 0 Å². The van der Waals surface area contributed by atoms with Crippen LogP contribution in [-0.4, -0.2) is 35.2 Å². The minimum absolute atomic E-state index is 0.261. The molecule has 3 rings (SSSR count). The van der Waals surface area contributed by atoms with Crippen molar-refractivity contribution in [1.29, 1.82) is 0 Å². The third-order valence-corrected chi connectivity index (χ3v) is 3.83. The average molecular weight is 286 g/mol. The molecule has 0 spiro atoms. The lowest BCUT2D eigenvalue weighted by Gasteiger charge is -2.35. The van der Waals surface area contributed by atoms with Crippen molar-refractivity contribution >= 4 is 16.7 Å². The van der Waals surface area contributed by atoms with Crippen LogP contribution < -0.4 is 11.3 Å². The first-order valence-corrected chi connectivity index (χ1v) is 7.39. The smallest absolute Gasteiger partial charge is 0.145 e. The predicted octanol–water partition coefficient (Wildman–Crippen LogP) is 2.13. The lowest BCUT2D eigenvalue weighted by atomic mass is 10.1. The molecule has 2 atom stereocenters. The van der Waals surface area contributed by atoms with Gasteiger partial charge < -0.3 is 10.2 Å². The van der Waals surface area contributed by atoms with Crippen LogP contribution in [0.5, 0.6) is 0 Å². The summed E-state index contributed by atoms with van der Waals surface area (Å²) in [5.74, 6) is 6.40. The van der Waals surface area contributed by atoms with Crippen LogP contribution in [0.4, 0.5) is 5.82 Å². The van der Waals surface area contributed by atoms with E-state index in [-0.39, 0.29) is 12.2 Å². The summed E-state index contributed by atoms with van der Waals surface area (Å²) in [6.45, 7) is 6.92. The number of hydrogen-bond acceptors (Lipinski definition) is 5. The number of benzene rings is 1. The van der Waals surface area contributed by atoms with Crippen LogP contribution in [0.25, 0.3) is 10.9 Å². The molecule has 2 aromatic rings. The molecule has 112 valence electrons. The van der Waals surface area contributed by atoms with Gasteiger partial charge in [0.1, 0.15) is 5.82 Å². The van der Waals surface area contributed by atoms with Gasteiger partial charge in [-0.25, -0.2) is 10.8 Å². The summed E-state index contributed by atoms with van der Waals surface area (Å²) in [7, 11) is 0. The van der Waals surface area contributed by atoms with Gasteiger partial charge in [-0.2, -0.15) is 0 Å². The minimum atomic E-state index is 0.261. The van der Waals surface area contributed by atoms with Gasteiger partial charge in [-0.3, -0.25) is 4.90 Å². The highest BCUT2D eigenvalue weighted by Gasteiger charge is 2.23. The Kier molecular flexibility index (Phi) is 4.05. The summed E-state index contributed by atoms with van der Waals surface area (Å²) in [4.78, 5) is 7.00.